The van der Waals surface area contributed by atoms with E-state index in [0.717, 1.165) is 0 Å². The Hall–Kier alpha value is -5.24. The summed E-state index contributed by atoms with van der Waals surface area (Å²) in [5, 5.41) is 3.49. The van der Waals surface area contributed by atoms with E-state index in [-0.39, 0.29) is 22.4 Å². The van der Waals surface area contributed by atoms with Crippen LogP contribution in [0.1, 0.15) is 24.6 Å². The van der Waals surface area contributed by atoms with E-state index in [2.05, 4.69) is 29.9 Å². The molecule has 0 aliphatic carbocycles. The van der Waals surface area contributed by atoms with Crippen LogP contribution in [0.15, 0.2) is 78.0 Å². The van der Waals surface area contributed by atoms with E-state index in [4.69, 9.17) is 11.6 Å². The van der Waals surface area contributed by atoms with Gasteiger partial charge in [0.2, 0.25) is 5.69 Å². The molecule has 0 saturated carbocycles. The van der Waals surface area contributed by atoms with Gasteiger partial charge < -0.3 is 10.1 Å². The van der Waals surface area contributed by atoms with Crippen LogP contribution in [0.2, 0.25) is 0 Å². The van der Waals surface area contributed by atoms with E-state index < -0.39 is 12.7 Å². The maximum atomic E-state index is 14.2. The van der Waals surface area contributed by atoms with Crippen LogP contribution in [0.5, 0.6) is 5.75 Å². The molecule has 0 saturated heterocycles. The lowest BCUT2D eigenvalue weighted by molar-refractivity contribution is -0.0500. The monoisotopic (exact) mass is 525 g/mol. The third-order valence-corrected chi connectivity index (χ3v) is 5.94. The molecule has 2 aromatic carbocycles. The minimum atomic E-state index is -3.01. The molecule has 0 bridgehead atoms. The number of hydrogen-bond acceptors (Lipinski definition) is 7. The van der Waals surface area contributed by atoms with E-state index in [9.17, 15) is 13.6 Å². The van der Waals surface area contributed by atoms with Gasteiger partial charge in [0.05, 0.1) is 35.4 Å². The first kappa shape index (κ1) is 25.4. The Labute approximate surface area is 221 Å². The number of pyridine rings is 1. The highest BCUT2D eigenvalue weighted by molar-refractivity contribution is 5.94. The molecule has 0 unspecified atom stereocenters. The van der Waals surface area contributed by atoms with Crippen LogP contribution in [0.3, 0.4) is 0 Å². The van der Waals surface area contributed by atoms with Crippen LogP contribution in [0.25, 0.3) is 32.6 Å². The molecular weight excluding hydrogens is 504 g/mol. The fraction of sp³-hybridized carbons (Fsp3) is 0.143. The number of nitrogens with zero attached hydrogens (tertiary/aromatic N) is 6. The van der Waals surface area contributed by atoms with Crippen molar-refractivity contribution in [3.63, 3.8) is 0 Å². The van der Waals surface area contributed by atoms with Gasteiger partial charge in [-0.3, -0.25) is 19.3 Å². The van der Waals surface area contributed by atoms with Crippen molar-refractivity contribution in [1.29, 1.82) is 0 Å². The van der Waals surface area contributed by atoms with Gasteiger partial charge in [0.1, 0.15) is 23.2 Å². The van der Waals surface area contributed by atoms with Crippen molar-refractivity contribution < 1.29 is 13.5 Å². The molecule has 0 aliphatic heterocycles. The number of ether oxygens (including phenoxy) is 1. The van der Waals surface area contributed by atoms with Crippen molar-refractivity contribution in [2.45, 2.75) is 26.5 Å². The molecule has 39 heavy (non-hydrogen) atoms. The average Bonchev–Trinajstić information content (AvgIpc) is 2.93. The Bertz CT molecular complexity index is 1770. The predicted molar refractivity (Wildman–Crippen MR) is 142 cm³/mol. The first-order chi connectivity index (χ1) is 18.9. The standard InChI is InChI=1S/C28H21F2N7O2/c1-16(34-25-23(31-3)15-33-17(2)35-25)26-36-22-11-7-10-21(18-12-20(14-32-13-18)39-28(29)30)24(22)27(38)37(26)19-8-5-4-6-9-19/h4-16,28H,1-2H3,(H,33,34,35)/t16-/m0/s1. The number of alkyl halides is 2. The van der Waals surface area contributed by atoms with Gasteiger partial charge in [-0.15, -0.1) is 0 Å². The zero-order chi connectivity index (χ0) is 27.5. The van der Waals surface area contributed by atoms with Crippen LogP contribution >= 0.6 is 0 Å². The van der Waals surface area contributed by atoms with Gasteiger partial charge in [0.25, 0.3) is 5.56 Å². The van der Waals surface area contributed by atoms with E-state index in [1.807, 2.05) is 13.0 Å². The van der Waals surface area contributed by atoms with Crippen LogP contribution in [-0.4, -0.2) is 31.1 Å². The second-order valence-electron chi connectivity index (χ2n) is 8.56. The summed E-state index contributed by atoms with van der Waals surface area (Å²) in [4.78, 5) is 35.0. The fourth-order valence-corrected chi connectivity index (χ4v) is 4.26. The lowest BCUT2D eigenvalue weighted by Crippen LogP contribution is -2.27. The summed E-state index contributed by atoms with van der Waals surface area (Å²) in [6.45, 7) is 7.98. The molecule has 5 rings (SSSR count). The highest BCUT2D eigenvalue weighted by Crippen LogP contribution is 2.31. The highest BCUT2D eigenvalue weighted by atomic mass is 19.3. The Morgan fingerprint density at radius 3 is 2.59 bits per heavy atom. The highest BCUT2D eigenvalue weighted by Gasteiger charge is 2.22. The molecule has 194 valence electrons. The first-order valence-corrected chi connectivity index (χ1v) is 11.8. The van der Waals surface area contributed by atoms with Gasteiger partial charge in [-0.05, 0) is 43.7 Å². The summed E-state index contributed by atoms with van der Waals surface area (Å²) in [7, 11) is 0. The average molecular weight is 526 g/mol. The summed E-state index contributed by atoms with van der Waals surface area (Å²) in [6.07, 6.45) is 4.09. The number of rotatable bonds is 7. The molecule has 0 amide bonds. The number of benzene rings is 2. The molecule has 9 nitrogen and oxygen atoms in total. The van der Waals surface area contributed by atoms with Crippen LogP contribution < -0.4 is 15.6 Å². The van der Waals surface area contributed by atoms with Crippen molar-refractivity contribution in [1.82, 2.24) is 24.5 Å². The molecule has 0 aliphatic rings. The van der Waals surface area contributed by atoms with E-state index >= 15 is 0 Å². The Morgan fingerprint density at radius 2 is 1.85 bits per heavy atom. The summed E-state index contributed by atoms with van der Waals surface area (Å²) < 4.78 is 31.6. The second-order valence-corrected chi connectivity index (χ2v) is 8.56. The third-order valence-electron chi connectivity index (χ3n) is 5.94. The van der Waals surface area contributed by atoms with Gasteiger partial charge in [0.15, 0.2) is 0 Å². The number of hydrogen-bond donors (Lipinski definition) is 1. The lowest BCUT2D eigenvalue weighted by atomic mass is 10.0. The minimum Gasteiger partial charge on any atom is -0.433 e. The second kappa shape index (κ2) is 10.6. The largest absolute Gasteiger partial charge is 0.433 e. The minimum absolute atomic E-state index is 0.124. The van der Waals surface area contributed by atoms with Crippen LogP contribution in [0.4, 0.5) is 20.3 Å². The summed E-state index contributed by atoms with van der Waals surface area (Å²) in [6, 6.07) is 15.0. The van der Waals surface area contributed by atoms with E-state index in [1.54, 1.807) is 49.4 Å². The zero-order valence-corrected chi connectivity index (χ0v) is 20.8. The normalized spacial score (nSPS) is 11.8. The molecule has 0 spiro atoms. The van der Waals surface area contributed by atoms with Crippen molar-refractivity contribution in [2.24, 2.45) is 0 Å². The molecule has 1 atom stereocenters. The maximum absolute atomic E-state index is 14.2. The van der Waals surface area contributed by atoms with E-state index in [1.165, 1.54) is 29.2 Å². The molecular formula is C28H21F2N7O2. The number of fused-ring (bicyclic) bond motifs is 1. The van der Waals surface area contributed by atoms with Crippen molar-refractivity contribution >= 4 is 22.4 Å². The third kappa shape index (κ3) is 5.13. The van der Waals surface area contributed by atoms with Gasteiger partial charge in [-0.1, -0.05) is 30.3 Å². The number of aryl methyl sites for hydroxylation is 1. The number of anilines is 1. The van der Waals surface area contributed by atoms with Crippen molar-refractivity contribution in [3.8, 4) is 22.6 Å². The first-order valence-electron chi connectivity index (χ1n) is 11.8. The number of halogens is 2. The molecule has 5 aromatic rings. The number of para-hydroxylation sites is 1. The Kier molecular flexibility index (Phi) is 6.93. The van der Waals surface area contributed by atoms with Crippen molar-refractivity contribution in [3.05, 3.63) is 107 Å². The molecule has 3 aromatic heterocycles. The summed E-state index contributed by atoms with van der Waals surface area (Å²) in [5.41, 5.74) is 1.74. The smallest absolute Gasteiger partial charge is 0.387 e. The maximum Gasteiger partial charge on any atom is 0.387 e. The van der Waals surface area contributed by atoms with Gasteiger partial charge >= 0.3 is 6.61 Å². The predicted octanol–water partition coefficient (Wildman–Crippen LogP) is 5.87. The van der Waals surface area contributed by atoms with Gasteiger partial charge in [0, 0.05) is 18.0 Å². The van der Waals surface area contributed by atoms with Gasteiger partial charge in [-0.2, -0.15) is 8.78 Å². The molecule has 0 radical (unpaired) electrons. The quantitative estimate of drug-likeness (QED) is 0.265. The Morgan fingerprint density at radius 1 is 1.05 bits per heavy atom. The fourth-order valence-electron chi connectivity index (χ4n) is 4.26. The summed E-state index contributed by atoms with van der Waals surface area (Å²) in [5.74, 6) is 1.08. The topological polar surface area (TPSA) is 99.2 Å². The summed E-state index contributed by atoms with van der Waals surface area (Å²) >= 11 is 0. The zero-order valence-electron chi connectivity index (χ0n) is 20.8. The molecule has 0 fully saturated rings. The van der Waals surface area contributed by atoms with E-state index in [0.29, 0.717) is 39.8 Å². The van der Waals surface area contributed by atoms with Crippen LogP contribution in [0, 0.1) is 13.5 Å². The Balaban J connectivity index is 1.72. The number of nitrogens with one attached hydrogen (secondary N) is 1. The van der Waals surface area contributed by atoms with Crippen LogP contribution in [-0.2, 0) is 0 Å². The SMILES string of the molecule is [C-]#[N+]c1cnc(C)nc1N[C@@H](C)c1nc2cccc(-c3cncc(OC(F)F)c3)c2c(=O)n1-c1ccccc1. The van der Waals surface area contributed by atoms with Crippen molar-refractivity contribution in [2.75, 3.05) is 5.32 Å². The molecule has 11 heteroatoms. The molecule has 3 heterocycles. The molecule has 1 N–H and O–H groups in total. The number of aromatic nitrogens is 5. The van der Waals surface area contributed by atoms with Gasteiger partial charge in [-0.25, -0.2) is 14.8 Å². The lowest BCUT2D eigenvalue weighted by Gasteiger charge is -2.21.